The molecule has 0 fully saturated rings. The maximum atomic E-state index is 8.97. The molecule has 0 unspecified atom stereocenters. The van der Waals surface area contributed by atoms with Crippen LogP contribution in [0.25, 0.3) is 0 Å². The fraction of sp³-hybridized carbons (Fsp3) is 0.750. The fourth-order valence-electron chi connectivity index (χ4n) is 0.581. The summed E-state index contributed by atoms with van der Waals surface area (Å²) in [5.41, 5.74) is 0. The quantitative estimate of drug-likeness (QED) is 0.579. The molecule has 1 N–H and O–H groups in total. The van der Waals surface area contributed by atoms with Crippen molar-refractivity contribution in [1.29, 1.82) is 0 Å². The summed E-state index contributed by atoms with van der Waals surface area (Å²) in [6.45, 7) is 6.17. The lowest BCUT2D eigenvalue weighted by molar-refractivity contribution is 0.371. The van der Waals surface area contributed by atoms with Gasteiger partial charge in [0.05, 0.1) is 5.76 Å². The lowest BCUT2D eigenvalue weighted by Gasteiger charge is -2.01. The van der Waals surface area contributed by atoms with Crippen molar-refractivity contribution in [3.8, 4) is 0 Å². The molecule has 0 rings (SSSR count). The molecule has 0 spiro atoms. The van der Waals surface area contributed by atoms with Gasteiger partial charge in [0.2, 0.25) is 0 Å². The Bertz CT molecular complexity index is 92.7. The van der Waals surface area contributed by atoms with E-state index in [0.717, 1.165) is 12.8 Å². The van der Waals surface area contributed by atoms with Gasteiger partial charge in [0.25, 0.3) is 0 Å². The van der Waals surface area contributed by atoms with Crippen molar-refractivity contribution in [3.63, 3.8) is 0 Å². The second kappa shape index (κ2) is 4.42. The van der Waals surface area contributed by atoms with Crippen LogP contribution in [0.4, 0.5) is 0 Å². The number of aliphatic hydroxyl groups excluding tert-OH is 1. The van der Waals surface area contributed by atoms with Gasteiger partial charge in [-0.05, 0) is 25.3 Å². The molecule has 1 nitrogen and oxygen atoms in total. The Morgan fingerprint density at radius 2 is 2.11 bits per heavy atom. The van der Waals surface area contributed by atoms with E-state index in [1.54, 1.807) is 6.08 Å². The first-order chi connectivity index (χ1) is 4.16. The lowest BCUT2D eigenvalue weighted by atomic mass is 10.1. The fourth-order valence-corrected chi connectivity index (χ4v) is 0.581. The zero-order valence-corrected chi connectivity index (χ0v) is 6.52. The van der Waals surface area contributed by atoms with E-state index in [2.05, 4.69) is 13.8 Å². The first-order valence-electron chi connectivity index (χ1n) is 3.51. The Labute approximate surface area is 57.4 Å². The topological polar surface area (TPSA) is 20.2 Å². The minimum absolute atomic E-state index is 0.517. The smallest absolute Gasteiger partial charge is 0.0880 e. The Morgan fingerprint density at radius 3 is 2.44 bits per heavy atom. The normalized spacial score (nSPS) is 12.7. The average molecular weight is 128 g/mol. The molecule has 0 heterocycles. The number of aliphatic hydroxyl groups is 1. The van der Waals surface area contributed by atoms with Crippen LogP contribution in [-0.4, -0.2) is 5.11 Å². The van der Waals surface area contributed by atoms with Crippen molar-refractivity contribution < 1.29 is 5.11 Å². The molecule has 0 radical (unpaired) electrons. The molecule has 0 aromatic rings. The first-order valence-corrected chi connectivity index (χ1v) is 3.51. The van der Waals surface area contributed by atoms with Crippen LogP contribution >= 0.6 is 0 Å². The molecule has 0 saturated heterocycles. The van der Waals surface area contributed by atoms with E-state index in [0.29, 0.717) is 11.7 Å². The summed E-state index contributed by atoms with van der Waals surface area (Å²) in [4.78, 5) is 0. The molecule has 1 heteroatoms. The Kier molecular flexibility index (Phi) is 4.20. The van der Waals surface area contributed by atoms with Gasteiger partial charge in [-0.2, -0.15) is 0 Å². The van der Waals surface area contributed by atoms with Gasteiger partial charge in [-0.25, -0.2) is 0 Å². The van der Waals surface area contributed by atoms with E-state index < -0.39 is 0 Å². The summed E-state index contributed by atoms with van der Waals surface area (Å²) >= 11 is 0. The van der Waals surface area contributed by atoms with Crippen LogP contribution in [0.5, 0.6) is 0 Å². The van der Waals surface area contributed by atoms with Gasteiger partial charge in [0.1, 0.15) is 0 Å². The second-order valence-electron chi connectivity index (χ2n) is 2.71. The largest absolute Gasteiger partial charge is 0.513 e. The summed E-state index contributed by atoms with van der Waals surface area (Å²) in [7, 11) is 0. The molecule has 0 saturated carbocycles. The third-order valence-corrected chi connectivity index (χ3v) is 1.31. The molecule has 0 aromatic heterocycles. The van der Waals surface area contributed by atoms with Crippen molar-refractivity contribution in [3.05, 3.63) is 11.8 Å². The van der Waals surface area contributed by atoms with Crippen molar-refractivity contribution >= 4 is 0 Å². The molecule has 0 atom stereocenters. The predicted octanol–water partition coefficient (Wildman–Crippen LogP) is 2.88. The molecule has 0 aliphatic heterocycles. The van der Waals surface area contributed by atoms with Crippen molar-refractivity contribution in [2.75, 3.05) is 0 Å². The standard InChI is InChI=1S/C8H16O/c1-4-8(9)6-5-7(2)3/h4,7,9H,5-6H2,1-3H3. The Balaban J connectivity index is 3.28. The van der Waals surface area contributed by atoms with Gasteiger partial charge < -0.3 is 5.11 Å². The summed E-state index contributed by atoms with van der Waals surface area (Å²) in [5.74, 6) is 1.20. The summed E-state index contributed by atoms with van der Waals surface area (Å²) in [6.07, 6.45) is 3.66. The van der Waals surface area contributed by atoms with E-state index in [-0.39, 0.29) is 0 Å². The maximum absolute atomic E-state index is 8.97. The highest BCUT2D eigenvalue weighted by atomic mass is 16.3. The van der Waals surface area contributed by atoms with Crippen LogP contribution in [0.1, 0.15) is 33.6 Å². The molecule has 0 aromatic carbocycles. The second-order valence-corrected chi connectivity index (χ2v) is 2.71. The van der Waals surface area contributed by atoms with Crippen LogP contribution in [-0.2, 0) is 0 Å². The van der Waals surface area contributed by atoms with Crippen LogP contribution < -0.4 is 0 Å². The molecule has 54 valence electrons. The highest BCUT2D eigenvalue weighted by molar-refractivity contribution is 4.87. The van der Waals surface area contributed by atoms with Gasteiger partial charge in [0.15, 0.2) is 0 Å². The van der Waals surface area contributed by atoms with Crippen LogP contribution in [0.2, 0.25) is 0 Å². The van der Waals surface area contributed by atoms with E-state index in [4.69, 9.17) is 5.11 Å². The van der Waals surface area contributed by atoms with Gasteiger partial charge in [-0.1, -0.05) is 13.8 Å². The highest BCUT2D eigenvalue weighted by Gasteiger charge is 1.94. The van der Waals surface area contributed by atoms with Crippen molar-refractivity contribution in [1.82, 2.24) is 0 Å². The van der Waals surface area contributed by atoms with Crippen molar-refractivity contribution in [2.24, 2.45) is 5.92 Å². The third-order valence-electron chi connectivity index (χ3n) is 1.31. The Hall–Kier alpha value is -0.460. The van der Waals surface area contributed by atoms with E-state index in [1.165, 1.54) is 0 Å². The van der Waals surface area contributed by atoms with Crippen LogP contribution in [0.15, 0.2) is 11.8 Å². The number of rotatable bonds is 3. The molecular formula is C8H16O. The number of hydrogen-bond donors (Lipinski definition) is 1. The molecule has 0 aliphatic carbocycles. The minimum atomic E-state index is 0.517. The SMILES string of the molecule is CC=C(O)CCC(C)C. The zero-order chi connectivity index (χ0) is 7.28. The van der Waals surface area contributed by atoms with Crippen LogP contribution in [0.3, 0.4) is 0 Å². The van der Waals surface area contributed by atoms with E-state index in [1.807, 2.05) is 6.92 Å². The molecule has 0 aliphatic rings. The zero-order valence-electron chi connectivity index (χ0n) is 6.52. The number of hydrogen-bond acceptors (Lipinski definition) is 1. The summed E-state index contributed by atoms with van der Waals surface area (Å²) in [5, 5.41) is 8.97. The number of allylic oxidation sites excluding steroid dienone is 2. The van der Waals surface area contributed by atoms with Gasteiger partial charge in [-0.3, -0.25) is 0 Å². The van der Waals surface area contributed by atoms with Gasteiger partial charge >= 0.3 is 0 Å². The predicted molar refractivity (Wildman–Crippen MR) is 40.5 cm³/mol. The van der Waals surface area contributed by atoms with Gasteiger partial charge in [-0.15, -0.1) is 0 Å². The molecular weight excluding hydrogens is 112 g/mol. The average Bonchev–Trinajstić information content (AvgIpc) is 1.83. The first kappa shape index (κ1) is 8.54. The Morgan fingerprint density at radius 1 is 1.56 bits per heavy atom. The minimum Gasteiger partial charge on any atom is -0.513 e. The molecule has 0 amide bonds. The van der Waals surface area contributed by atoms with Crippen molar-refractivity contribution in [2.45, 2.75) is 33.6 Å². The monoisotopic (exact) mass is 128 g/mol. The van der Waals surface area contributed by atoms with E-state index >= 15 is 0 Å². The van der Waals surface area contributed by atoms with Gasteiger partial charge in [0, 0.05) is 6.42 Å². The summed E-state index contributed by atoms with van der Waals surface area (Å²) in [6, 6.07) is 0. The summed E-state index contributed by atoms with van der Waals surface area (Å²) < 4.78 is 0. The molecule has 9 heavy (non-hydrogen) atoms. The lowest BCUT2D eigenvalue weighted by Crippen LogP contribution is -1.88. The highest BCUT2D eigenvalue weighted by Crippen LogP contribution is 2.08. The third kappa shape index (κ3) is 5.41. The molecule has 0 bridgehead atoms. The van der Waals surface area contributed by atoms with E-state index in [9.17, 15) is 0 Å². The van der Waals surface area contributed by atoms with Crippen LogP contribution in [0, 0.1) is 5.92 Å². The maximum Gasteiger partial charge on any atom is 0.0880 e.